The molecule has 0 spiro atoms. The van der Waals surface area contributed by atoms with Gasteiger partial charge in [0.1, 0.15) is 5.75 Å². The second-order valence-corrected chi connectivity index (χ2v) is 4.17. The van der Waals surface area contributed by atoms with Crippen LogP contribution in [0.5, 0.6) is 5.75 Å². The molecule has 6 heteroatoms. The lowest BCUT2D eigenvalue weighted by Gasteiger charge is -2.25. The van der Waals surface area contributed by atoms with Crippen molar-refractivity contribution in [2.75, 3.05) is 20.1 Å². The molecule has 1 atom stereocenters. The Bertz CT molecular complexity index is 384. The van der Waals surface area contributed by atoms with Gasteiger partial charge in [0.2, 0.25) is 0 Å². The van der Waals surface area contributed by atoms with E-state index in [1.807, 2.05) is 14.0 Å². The molecule has 0 saturated heterocycles. The standard InChI is InChI=1S/C13H19F2N3O/c1-10(18(3)9-8-17-16-2)11-4-6-12(7-5-11)19-13(14)15/h4-7,10,13,17H,2,8-9H2,1,3H3. The Hall–Kier alpha value is -1.69. The topological polar surface area (TPSA) is 36.9 Å². The summed E-state index contributed by atoms with van der Waals surface area (Å²) in [4.78, 5) is 2.13. The van der Waals surface area contributed by atoms with Crippen LogP contribution in [0.15, 0.2) is 29.4 Å². The van der Waals surface area contributed by atoms with Crippen molar-refractivity contribution in [2.24, 2.45) is 5.10 Å². The van der Waals surface area contributed by atoms with Crippen molar-refractivity contribution in [3.8, 4) is 5.75 Å². The minimum Gasteiger partial charge on any atom is -0.435 e. The zero-order valence-electron chi connectivity index (χ0n) is 11.1. The number of nitrogens with zero attached hydrogens (tertiary/aromatic N) is 2. The third-order valence-electron chi connectivity index (χ3n) is 2.94. The van der Waals surface area contributed by atoms with E-state index in [0.29, 0.717) is 6.54 Å². The predicted molar refractivity (Wildman–Crippen MR) is 71.7 cm³/mol. The van der Waals surface area contributed by atoms with E-state index in [-0.39, 0.29) is 11.8 Å². The van der Waals surface area contributed by atoms with Gasteiger partial charge in [-0.05, 0) is 31.7 Å². The summed E-state index contributed by atoms with van der Waals surface area (Å²) in [6.45, 7) is 4.10. The van der Waals surface area contributed by atoms with Crippen LogP contribution in [0.3, 0.4) is 0 Å². The van der Waals surface area contributed by atoms with E-state index in [1.54, 1.807) is 24.3 Å². The highest BCUT2D eigenvalue weighted by Gasteiger charge is 2.11. The Morgan fingerprint density at radius 1 is 1.37 bits per heavy atom. The summed E-state index contributed by atoms with van der Waals surface area (Å²) in [7, 11) is 1.99. The Labute approximate surface area is 112 Å². The number of rotatable bonds is 8. The lowest BCUT2D eigenvalue weighted by atomic mass is 10.1. The minimum atomic E-state index is -2.79. The molecule has 1 aromatic rings. The summed E-state index contributed by atoms with van der Waals surface area (Å²) >= 11 is 0. The van der Waals surface area contributed by atoms with Crippen LogP contribution in [0.2, 0.25) is 0 Å². The first-order valence-corrected chi connectivity index (χ1v) is 5.98. The van der Waals surface area contributed by atoms with Crippen LogP contribution < -0.4 is 10.2 Å². The maximum absolute atomic E-state index is 12.0. The fraction of sp³-hybridized carbons (Fsp3) is 0.462. The number of hydrogen-bond acceptors (Lipinski definition) is 4. The van der Waals surface area contributed by atoms with Crippen molar-refractivity contribution < 1.29 is 13.5 Å². The van der Waals surface area contributed by atoms with Crippen LogP contribution in [-0.2, 0) is 0 Å². The maximum Gasteiger partial charge on any atom is 0.387 e. The first kappa shape index (κ1) is 15.4. The van der Waals surface area contributed by atoms with Crippen molar-refractivity contribution in [3.63, 3.8) is 0 Å². The van der Waals surface area contributed by atoms with E-state index in [4.69, 9.17) is 0 Å². The van der Waals surface area contributed by atoms with Gasteiger partial charge in [0.25, 0.3) is 0 Å². The molecule has 1 aromatic carbocycles. The summed E-state index contributed by atoms with van der Waals surface area (Å²) in [5, 5.41) is 3.56. The largest absolute Gasteiger partial charge is 0.435 e. The van der Waals surface area contributed by atoms with Crippen molar-refractivity contribution in [1.82, 2.24) is 10.3 Å². The molecule has 1 N–H and O–H groups in total. The number of likely N-dealkylation sites (N-methyl/N-ethyl adjacent to an activating group) is 1. The Kier molecular flexibility index (Phi) is 6.21. The molecule has 1 unspecified atom stereocenters. The van der Waals surface area contributed by atoms with Crippen molar-refractivity contribution in [2.45, 2.75) is 19.6 Å². The lowest BCUT2D eigenvalue weighted by Crippen LogP contribution is -2.29. The molecule has 0 aliphatic carbocycles. The third kappa shape index (κ3) is 5.21. The van der Waals surface area contributed by atoms with Crippen LogP contribution >= 0.6 is 0 Å². The SMILES string of the molecule is C=NNCCN(C)C(C)c1ccc(OC(F)F)cc1. The second kappa shape index (κ2) is 7.68. The molecular formula is C13H19F2N3O. The number of nitrogens with one attached hydrogen (secondary N) is 1. The number of halogens is 2. The van der Waals surface area contributed by atoms with Crippen LogP contribution in [0.4, 0.5) is 8.78 Å². The molecule has 0 fully saturated rings. The molecule has 1 rings (SSSR count). The number of hydrazone groups is 1. The predicted octanol–water partition coefficient (Wildman–Crippen LogP) is 2.49. The molecule has 0 bridgehead atoms. The summed E-state index contributed by atoms with van der Waals surface area (Å²) < 4.78 is 28.4. The fourth-order valence-corrected chi connectivity index (χ4v) is 1.68. The smallest absolute Gasteiger partial charge is 0.387 e. The molecule has 0 aliphatic rings. The average Bonchev–Trinajstić information content (AvgIpc) is 2.38. The van der Waals surface area contributed by atoms with Gasteiger partial charge >= 0.3 is 6.61 Å². The monoisotopic (exact) mass is 271 g/mol. The second-order valence-electron chi connectivity index (χ2n) is 4.17. The van der Waals surface area contributed by atoms with Gasteiger partial charge < -0.3 is 10.2 Å². The van der Waals surface area contributed by atoms with Crippen LogP contribution in [0.25, 0.3) is 0 Å². The fourth-order valence-electron chi connectivity index (χ4n) is 1.68. The van der Waals surface area contributed by atoms with E-state index in [0.717, 1.165) is 12.1 Å². The van der Waals surface area contributed by atoms with Gasteiger partial charge in [-0.2, -0.15) is 13.9 Å². The number of hydrogen-bond donors (Lipinski definition) is 1. The molecule has 0 radical (unpaired) electrons. The van der Waals surface area contributed by atoms with E-state index in [9.17, 15) is 8.78 Å². The average molecular weight is 271 g/mol. The summed E-state index contributed by atoms with van der Waals surface area (Å²) in [6.07, 6.45) is 0. The first-order valence-electron chi connectivity index (χ1n) is 5.98. The molecule has 0 aliphatic heterocycles. The Balaban J connectivity index is 2.56. The van der Waals surface area contributed by atoms with Gasteiger partial charge in [-0.1, -0.05) is 12.1 Å². The summed E-state index contributed by atoms with van der Waals surface area (Å²) in [5.74, 6) is 0.172. The van der Waals surface area contributed by atoms with Gasteiger partial charge in [-0.25, -0.2) is 0 Å². The highest BCUT2D eigenvalue weighted by atomic mass is 19.3. The minimum absolute atomic E-state index is 0.172. The van der Waals surface area contributed by atoms with E-state index in [1.165, 1.54) is 0 Å². The van der Waals surface area contributed by atoms with E-state index >= 15 is 0 Å². The van der Waals surface area contributed by atoms with Crippen LogP contribution in [0.1, 0.15) is 18.5 Å². The normalized spacial score (nSPS) is 12.5. The highest BCUT2D eigenvalue weighted by molar-refractivity contribution is 5.29. The van der Waals surface area contributed by atoms with Crippen molar-refractivity contribution in [3.05, 3.63) is 29.8 Å². The molecular weight excluding hydrogens is 252 g/mol. The quantitative estimate of drug-likeness (QED) is 0.448. The zero-order chi connectivity index (χ0) is 14.3. The highest BCUT2D eigenvalue weighted by Crippen LogP contribution is 2.22. The van der Waals surface area contributed by atoms with Crippen LogP contribution in [0, 0.1) is 0 Å². The number of benzene rings is 1. The van der Waals surface area contributed by atoms with E-state index in [2.05, 4.69) is 26.9 Å². The lowest BCUT2D eigenvalue weighted by molar-refractivity contribution is -0.0498. The Morgan fingerprint density at radius 3 is 2.53 bits per heavy atom. The maximum atomic E-state index is 12.0. The zero-order valence-corrected chi connectivity index (χ0v) is 11.1. The van der Waals surface area contributed by atoms with Gasteiger partial charge in [-0.3, -0.25) is 4.90 Å². The van der Waals surface area contributed by atoms with Crippen molar-refractivity contribution >= 4 is 6.72 Å². The Morgan fingerprint density at radius 2 is 2.00 bits per heavy atom. The number of ether oxygens (including phenoxy) is 1. The molecule has 0 heterocycles. The van der Waals surface area contributed by atoms with Gasteiger partial charge in [0, 0.05) is 25.8 Å². The van der Waals surface area contributed by atoms with Gasteiger partial charge in [0.15, 0.2) is 0 Å². The van der Waals surface area contributed by atoms with Crippen molar-refractivity contribution in [1.29, 1.82) is 0 Å². The summed E-state index contributed by atoms with van der Waals surface area (Å²) in [6, 6.07) is 6.85. The third-order valence-corrected chi connectivity index (χ3v) is 2.94. The van der Waals surface area contributed by atoms with Gasteiger partial charge in [-0.15, -0.1) is 0 Å². The molecule has 0 saturated carbocycles. The molecule has 106 valence electrons. The summed E-state index contributed by atoms with van der Waals surface area (Å²) in [5.41, 5.74) is 3.82. The number of alkyl halides is 2. The molecule has 0 amide bonds. The first-order chi connectivity index (χ1) is 9.04. The van der Waals surface area contributed by atoms with Crippen LogP contribution in [-0.4, -0.2) is 38.4 Å². The molecule has 4 nitrogen and oxygen atoms in total. The molecule has 19 heavy (non-hydrogen) atoms. The molecule has 0 aromatic heterocycles. The van der Waals surface area contributed by atoms with Gasteiger partial charge in [0.05, 0.1) is 0 Å². The van der Waals surface area contributed by atoms with E-state index < -0.39 is 6.61 Å².